The lowest BCUT2D eigenvalue weighted by atomic mass is 9.90. The molecule has 6 aromatic rings. The minimum atomic E-state index is -1.33. The third-order valence-corrected chi connectivity index (χ3v) is 12.3. The Labute approximate surface area is 360 Å². The van der Waals surface area contributed by atoms with E-state index in [-0.39, 0.29) is 29.8 Å². The number of aromatic amines is 2. The van der Waals surface area contributed by atoms with Crippen LogP contribution in [0.25, 0.3) is 44.4 Å². The zero-order valence-corrected chi connectivity index (χ0v) is 35.6. The topological polar surface area (TPSA) is 175 Å². The zero-order valence-electron chi connectivity index (χ0n) is 35.6. The summed E-state index contributed by atoms with van der Waals surface area (Å²) < 4.78 is 9.67. The molecule has 0 bridgehead atoms. The molecule has 14 heteroatoms. The number of nitrogens with zero attached hydrogens (tertiary/aromatic N) is 4. The van der Waals surface area contributed by atoms with E-state index < -0.39 is 23.8 Å². The van der Waals surface area contributed by atoms with E-state index in [1.807, 2.05) is 55.3 Å². The molecule has 14 nitrogen and oxygen atoms in total. The standard InChI is InChI=1S/C48H52N8O6/c1-29(2)41(53-46(59)61-4)44(57)55-23-9-13-39(55)42-50-28-38(52-42)35-22-21-33-25-32(19-20-34(33)26-35)30-15-17-31(18-16-30)37-27-49-43(51-37)40-14-10-24-56(40)45(58)48(3,54-47(60)62-5)36-11-7-6-8-12-36/h6-8,11-12,15-22,25-29,39-41H,9-10,13-14,23-24H2,1-5H3,(H,49,51)(H,50,52)(H,53,59)(H,54,60)/t39-,40?,41-,48+/m0/s1. The van der Waals surface area contributed by atoms with Crippen molar-refractivity contribution < 1.29 is 28.7 Å². The number of aromatic nitrogens is 4. The highest BCUT2D eigenvalue weighted by atomic mass is 16.5. The van der Waals surface area contributed by atoms with Crippen molar-refractivity contribution in [2.75, 3.05) is 27.3 Å². The Bertz CT molecular complexity index is 2590. The molecule has 4 aromatic carbocycles. The van der Waals surface area contributed by atoms with E-state index in [9.17, 15) is 19.2 Å². The Morgan fingerprint density at radius 2 is 1.23 bits per heavy atom. The van der Waals surface area contributed by atoms with Gasteiger partial charge in [0.2, 0.25) is 5.91 Å². The van der Waals surface area contributed by atoms with Gasteiger partial charge in [-0.3, -0.25) is 9.59 Å². The number of carbonyl (C=O) groups is 4. The highest BCUT2D eigenvalue weighted by Gasteiger charge is 2.45. The van der Waals surface area contributed by atoms with Gasteiger partial charge in [0, 0.05) is 18.7 Å². The van der Waals surface area contributed by atoms with Crippen molar-refractivity contribution in [1.29, 1.82) is 0 Å². The predicted octanol–water partition coefficient (Wildman–Crippen LogP) is 8.27. The summed E-state index contributed by atoms with van der Waals surface area (Å²) in [6.45, 7) is 6.65. The highest BCUT2D eigenvalue weighted by Crippen LogP contribution is 2.37. The summed E-state index contributed by atoms with van der Waals surface area (Å²) in [6.07, 6.45) is 5.50. The summed E-state index contributed by atoms with van der Waals surface area (Å²) in [7, 11) is 2.58. The number of H-pyrrole nitrogens is 2. The monoisotopic (exact) mass is 836 g/mol. The minimum Gasteiger partial charge on any atom is -0.453 e. The molecule has 320 valence electrons. The number of benzene rings is 4. The van der Waals surface area contributed by atoms with E-state index in [1.54, 1.807) is 18.0 Å². The van der Waals surface area contributed by atoms with Crippen molar-refractivity contribution in [2.24, 2.45) is 5.92 Å². The van der Waals surface area contributed by atoms with Crippen LogP contribution in [0.1, 0.15) is 75.8 Å². The third kappa shape index (κ3) is 8.24. The lowest BCUT2D eigenvalue weighted by molar-refractivity contribution is -0.139. The molecule has 2 fully saturated rings. The summed E-state index contributed by atoms with van der Waals surface area (Å²) in [5, 5.41) is 7.68. The summed E-state index contributed by atoms with van der Waals surface area (Å²) in [5.41, 5.74) is 5.16. The fourth-order valence-electron chi connectivity index (χ4n) is 8.79. The molecule has 62 heavy (non-hydrogen) atoms. The Morgan fingerprint density at radius 3 is 1.84 bits per heavy atom. The maximum atomic E-state index is 14.2. The van der Waals surface area contributed by atoms with Gasteiger partial charge in [-0.2, -0.15) is 0 Å². The van der Waals surface area contributed by atoms with Gasteiger partial charge < -0.3 is 39.9 Å². The Kier molecular flexibility index (Phi) is 11.8. The third-order valence-electron chi connectivity index (χ3n) is 12.3. The predicted molar refractivity (Wildman–Crippen MR) is 235 cm³/mol. The van der Waals surface area contributed by atoms with E-state index >= 15 is 0 Å². The maximum Gasteiger partial charge on any atom is 0.407 e. The van der Waals surface area contributed by atoms with Crippen LogP contribution in [0.3, 0.4) is 0 Å². The average Bonchev–Trinajstić information content (AvgIpc) is 4.15. The molecule has 2 aromatic heterocycles. The normalized spacial score (nSPS) is 17.8. The second-order valence-corrected chi connectivity index (χ2v) is 16.5. The molecule has 2 saturated heterocycles. The first-order valence-corrected chi connectivity index (χ1v) is 21.1. The van der Waals surface area contributed by atoms with E-state index in [1.165, 1.54) is 14.2 Å². The number of amides is 4. The summed E-state index contributed by atoms with van der Waals surface area (Å²) in [6, 6.07) is 29.1. The van der Waals surface area contributed by atoms with Gasteiger partial charge in [0.25, 0.3) is 5.91 Å². The molecular weight excluding hydrogens is 785 g/mol. The Balaban J connectivity index is 0.950. The quantitative estimate of drug-likeness (QED) is 0.101. The largest absolute Gasteiger partial charge is 0.453 e. The van der Waals surface area contributed by atoms with E-state index in [2.05, 4.69) is 81.3 Å². The van der Waals surface area contributed by atoms with Gasteiger partial charge in [0.1, 0.15) is 23.2 Å². The Morgan fingerprint density at radius 1 is 0.694 bits per heavy atom. The first-order chi connectivity index (χ1) is 30.0. The number of methoxy groups -OCH3 is 2. The molecule has 1 unspecified atom stereocenters. The minimum absolute atomic E-state index is 0.109. The number of hydrogen-bond donors (Lipinski definition) is 4. The second-order valence-electron chi connectivity index (χ2n) is 16.5. The van der Waals surface area contributed by atoms with Crippen LogP contribution in [0.5, 0.6) is 0 Å². The lowest BCUT2D eigenvalue weighted by Crippen LogP contribution is -2.55. The average molecular weight is 837 g/mol. The van der Waals surface area contributed by atoms with Gasteiger partial charge in [-0.05, 0) is 83.7 Å². The molecule has 8 rings (SSSR count). The second kappa shape index (κ2) is 17.6. The SMILES string of the molecule is COC(=O)N[C@H](C(=O)N1CCC[C@H]1c1ncc(-c2ccc3cc(-c4ccc(-c5cnc(C6CCCN6C(=O)[C@](C)(NC(=O)OC)c6ccccc6)[nH]5)cc4)ccc3c2)[nH]1)C(C)C. The van der Waals surface area contributed by atoms with Gasteiger partial charge in [0.15, 0.2) is 0 Å². The molecule has 4 heterocycles. The molecule has 4 N–H and O–H groups in total. The van der Waals surface area contributed by atoms with Crippen LogP contribution in [0.15, 0.2) is 103 Å². The molecule has 2 aliphatic rings. The van der Waals surface area contributed by atoms with Crippen LogP contribution in [0.4, 0.5) is 9.59 Å². The summed E-state index contributed by atoms with van der Waals surface area (Å²) >= 11 is 0. The summed E-state index contributed by atoms with van der Waals surface area (Å²) in [4.78, 5) is 72.3. The number of imidazole rings is 2. The Hall–Kier alpha value is -6.96. The number of carbonyl (C=O) groups excluding carboxylic acids is 4. The van der Waals surface area contributed by atoms with E-state index in [0.29, 0.717) is 24.5 Å². The number of alkyl carbamates (subject to hydrolysis) is 2. The molecule has 0 saturated carbocycles. The van der Waals surface area contributed by atoms with E-state index in [4.69, 9.17) is 19.4 Å². The number of ether oxygens (including phenoxy) is 2. The van der Waals surface area contributed by atoms with Crippen molar-refractivity contribution in [1.82, 2.24) is 40.4 Å². The molecule has 4 amide bonds. The van der Waals surface area contributed by atoms with Crippen LogP contribution in [0, 0.1) is 5.92 Å². The molecule has 2 aliphatic heterocycles. The molecular formula is C48H52N8O6. The van der Waals surface area contributed by atoms with E-state index in [0.717, 1.165) is 75.9 Å². The van der Waals surface area contributed by atoms with Gasteiger partial charge >= 0.3 is 12.2 Å². The van der Waals surface area contributed by atoms with Crippen molar-refractivity contribution in [3.8, 4) is 33.6 Å². The number of rotatable bonds is 11. The van der Waals surface area contributed by atoms with Gasteiger partial charge in [-0.1, -0.05) is 92.7 Å². The number of hydrogen-bond acceptors (Lipinski definition) is 8. The number of fused-ring (bicyclic) bond motifs is 1. The van der Waals surface area contributed by atoms with Crippen molar-refractivity contribution in [3.05, 3.63) is 121 Å². The first-order valence-electron chi connectivity index (χ1n) is 21.1. The smallest absolute Gasteiger partial charge is 0.407 e. The van der Waals surface area contributed by atoms with Crippen LogP contribution >= 0.6 is 0 Å². The highest BCUT2D eigenvalue weighted by molar-refractivity contribution is 5.92. The van der Waals surface area contributed by atoms with Crippen molar-refractivity contribution >= 4 is 34.8 Å². The maximum absolute atomic E-state index is 14.2. The van der Waals surface area contributed by atoms with Crippen molar-refractivity contribution in [2.45, 2.75) is 70.1 Å². The fourth-order valence-corrected chi connectivity index (χ4v) is 8.79. The molecule has 0 spiro atoms. The number of likely N-dealkylation sites (tertiary alicyclic amines) is 2. The summed E-state index contributed by atoms with van der Waals surface area (Å²) in [5.74, 6) is 0.948. The first kappa shape index (κ1) is 41.8. The lowest BCUT2D eigenvalue weighted by Gasteiger charge is -2.35. The van der Waals surface area contributed by atoms with Gasteiger partial charge in [0.05, 0.1) is 50.1 Å². The van der Waals surface area contributed by atoms with Crippen LogP contribution in [0.2, 0.25) is 0 Å². The number of nitrogens with one attached hydrogen (secondary N) is 4. The van der Waals surface area contributed by atoms with Crippen LogP contribution in [-0.4, -0.2) is 87.1 Å². The molecule has 4 atom stereocenters. The van der Waals surface area contributed by atoms with Crippen LogP contribution in [-0.2, 0) is 24.6 Å². The fraction of sp³-hybridized carbons (Fsp3) is 0.333. The molecule has 0 radical (unpaired) electrons. The van der Waals surface area contributed by atoms with Gasteiger partial charge in [-0.15, -0.1) is 0 Å². The van der Waals surface area contributed by atoms with Crippen LogP contribution < -0.4 is 10.6 Å². The van der Waals surface area contributed by atoms with Crippen molar-refractivity contribution in [3.63, 3.8) is 0 Å². The zero-order chi connectivity index (χ0) is 43.5. The van der Waals surface area contributed by atoms with Gasteiger partial charge in [-0.25, -0.2) is 19.6 Å². The molecule has 0 aliphatic carbocycles.